The fourth-order valence-corrected chi connectivity index (χ4v) is 2.45. The molecule has 0 aliphatic carbocycles. The predicted molar refractivity (Wildman–Crippen MR) is 90.0 cm³/mol. The van der Waals surface area contributed by atoms with Gasteiger partial charge in [0.25, 0.3) is 0 Å². The number of anilines is 1. The van der Waals surface area contributed by atoms with Gasteiger partial charge in [0.15, 0.2) is 0 Å². The standard InChI is InChI=1S/C16H15FN6O3/c1-11-15(23(25)26)9-22(20-11)10-16(24)19-14-6-18-21(8-14)7-12-3-2-4-13(17)5-12/h2-6,8-9H,7,10H2,1H3,(H,19,24). The van der Waals surface area contributed by atoms with Gasteiger partial charge in [0.2, 0.25) is 5.91 Å². The number of rotatable bonds is 6. The highest BCUT2D eigenvalue weighted by Crippen LogP contribution is 2.15. The van der Waals surface area contributed by atoms with Gasteiger partial charge in [-0.1, -0.05) is 12.1 Å². The summed E-state index contributed by atoms with van der Waals surface area (Å²) in [5.74, 6) is -0.723. The molecule has 0 spiro atoms. The maximum Gasteiger partial charge on any atom is 0.309 e. The molecule has 1 N–H and O–H groups in total. The van der Waals surface area contributed by atoms with Crippen LogP contribution in [0.2, 0.25) is 0 Å². The molecule has 0 aliphatic heterocycles. The van der Waals surface area contributed by atoms with E-state index in [9.17, 15) is 19.3 Å². The molecule has 0 radical (unpaired) electrons. The third-order valence-electron chi connectivity index (χ3n) is 3.57. The van der Waals surface area contributed by atoms with Crippen LogP contribution in [0, 0.1) is 22.9 Å². The topological polar surface area (TPSA) is 108 Å². The lowest BCUT2D eigenvalue weighted by Gasteiger charge is -2.03. The average molecular weight is 358 g/mol. The van der Waals surface area contributed by atoms with Crippen LogP contribution in [0.1, 0.15) is 11.3 Å². The maximum absolute atomic E-state index is 13.2. The highest BCUT2D eigenvalue weighted by atomic mass is 19.1. The molecule has 26 heavy (non-hydrogen) atoms. The highest BCUT2D eigenvalue weighted by molar-refractivity contribution is 5.90. The number of carbonyl (C=O) groups is 1. The monoisotopic (exact) mass is 358 g/mol. The summed E-state index contributed by atoms with van der Waals surface area (Å²) in [5.41, 5.74) is 1.31. The third-order valence-corrected chi connectivity index (χ3v) is 3.57. The Labute approximate surface area is 147 Å². The van der Waals surface area contributed by atoms with Crippen LogP contribution in [0.15, 0.2) is 42.9 Å². The summed E-state index contributed by atoms with van der Waals surface area (Å²) in [6, 6.07) is 6.16. The van der Waals surface area contributed by atoms with E-state index in [-0.39, 0.29) is 23.7 Å². The number of halogens is 1. The largest absolute Gasteiger partial charge is 0.322 e. The Balaban J connectivity index is 1.61. The van der Waals surface area contributed by atoms with Crippen LogP contribution < -0.4 is 5.32 Å². The van der Waals surface area contributed by atoms with Crippen LogP contribution >= 0.6 is 0 Å². The molecule has 3 aromatic rings. The van der Waals surface area contributed by atoms with E-state index in [0.29, 0.717) is 12.2 Å². The van der Waals surface area contributed by atoms with Crippen molar-refractivity contribution in [3.05, 3.63) is 70.0 Å². The van der Waals surface area contributed by atoms with Gasteiger partial charge in [-0.2, -0.15) is 10.2 Å². The molecule has 0 unspecified atom stereocenters. The molecule has 0 saturated carbocycles. The van der Waals surface area contributed by atoms with Crippen molar-refractivity contribution in [2.75, 3.05) is 5.32 Å². The fourth-order valence-electron chi connectivity index (χ4n) is 2.45. The summed E-state index contributed by atoms with van der Waals surface area (Å²) >= 11 is 0. The second-order valence-corrected chi connectivity index (χ2v) is 5.66. The van der Waals surface area contributed by atoms with Gasteiger partial charge in [0.1, 0.15) is 24.3 Å². The summed E-state index contributed by atoms with van der Waals surface area (Å²) in [6.45, 7) is 1.70. The fraction of sp³-hybridized carbons (Fsp3) is 0.188. The molecule has 3 rings (SSSR count). The van der Waals surface area contributed by atoms with E-state index in [1.54, 1.807) is 23.0 Å². The number of carbonyl (C=O) groups excluding carboxylic acids is 1. The quantitative estimate of drug-likeness (QED) is 0.536. The zero-order valence-electron chi connectivity index (χ0n) is 13.8. The first-order valence-corrected chi connectivity index (χ1v) is 7.66. The van der Waals surface area contributed by atoms with Crippen molar-refractivity contribution in [2.45, 2.75) is 20.0 Å². The van der Waals surface area contributed by atoms with E-state index in [1.807, 2.05) is 0 Å². The van der Waals surface area contributed by atoms with Gasteiger partial charge < -0.3 is 5.32 Å². The minimum absolute atomic E-state index is 0.138. The van der Waals surface area contributed by atoms with Gasteiger partial charge >= 0.3 is 5.69 Å². The maximum atomic E-state index is 13.2. The van der Waals surface area contributed by atoms with Crippen molar-refractivity contribution < 1.29 is 14.1 Å². The summed E-state index contributed by atoms with van der Waals surface area (Å²) in [4.78, 5) is 22.3. The lowest BCUT2D eigenvalue weighted by molar-refractivity contribution is -0.385. The van der Waals surface area contributed by atoms with Gasteiger partial charge in [-0.25, -0.2) is 4.39 Å². The van der Waals surface area contributed by atoms with Crippen LogP contribution in [0.5, 0.6) is 0 Å². The molecule has 9 nitrogen and oxygen atoms in total. The first-order valence-electron chi connectivity index (χ1n) is 7.66. The average Bonchev–Trinajstić information content (AvgIpc) is 3.13. The van der Waals surface area contributed by atoms with E-state index in [2.05, 4.69) is 15.5 Å². The Hall–Kier alpha value is -3.56. The number of nitro groups is 1. The van der Waals surface area contributed by atoms with Crippen molar-refractivity contribution in [2.24, 2.45) is 0 Å². The molecule has 2 heterocycles. The third kappa shape index (κ3) is 4.09. The number of amides is 1. The lowest BCUT2D eigenvalue weighted by Crippen LogP contribution is -2.18. The number of nitrogens with zero attached hydrogens (tertiary/aromatic N) is 5. The van der Waals surface area contributed by atoms with Gasteiger partial charge in [-0.3, -0.25) is 24.3 Å². The minimum Gasteiger partial charge on any atom is -0.322 e. The smallest absolute Gasteiger partial charge is 0.309 e. The van der Waals surface area contributed by atoms with Gasteiger partial charge in [0, 0.05) is 6.20 Å². The summed E-state index contributed by atoms with van der Waals surface area (Å²) < 4.78 is 16.0. The number of benzene rings is 1. The van der Waals surface area contributed by atoms with Crippen LogP contribution in [0.4, 0.5) is 15.8 Å². The molecule has 0 fully saturated rings. The number of aromatic nitrogens is 4. The second kappa shape index (κ2) is 7.13. The predicted octanol–water partition coefficient (Wildman–Crippen LogP) is 2.12. The number of nitrogens with one attached hydrogen (secondary N) is 1. The van der Waals surface area contributed by atoms with Crippen molar-refractivity contribution >= 4 is 17.3 Å². The molecule has 10 heteroatoms. The Morgan fingerprint density at radius 2 is 2.15 bits per heavy atom. The van der Waals surface area contributed by atoms with E-state index in [4.69, 9.17) is 0 Å². The first-order chi connectivity index (χ1) is 12.4. The molecular formula is C16H15FN6O3. The molecule has 0 bridgehead atoms. The lowest BCUT2D eigenvalue weighted by atomic mass is 10.2. The number of hydrogen-bond acceptors (Lipinski definition) is 5. The Kier molecular flexibility index (Phi) is 4.74. The van der Waals surface area contributed by atoms with Gasteiger partial charge in [0.05, 0.1) is 23.4 Å². The number of hydrogen-bond donors (Lipinski definition) is 1. The second-order valence-electron chi connectivity index (χ2n) is 5.66. The Bertz CT molecular complexity index is 965. The minimum atomic E-state index is -0.548. The molecule has 0 aliphatic rings. The van der Waals surface area contributed by atoms with E-state index in [1.165, 1.54) is 36.1 Å². The Morgan fingerprint density at radius 3 is 2.85 bits per heavy atom. The van der Waals surface area contributed by atoms with Crippen molar-refractivity contribution in [1.82, 2.24) is 19.6 Å². The van der Waals surface area contributed by atoms with Crippen LogP contribution in [-0.2, 0) is 17.9 Å². The van der Waals surface area contributed by atoms with E-state index in [0.717, 1.165) is 5.56 Å². The van der Waals surface area contributed by atoms with Crippen LogP contribution in [-0.4, -0.2) is 30.4 Å². The molecule has 1 amide bonds. The molecule has 0 saturated heterocycles. The van der Waals surface area contributed by atoms with Crippen molar-refractivity contribution in [3.63, 3.8) is 0 Å². The highest BCUT2D eigenvalue weighted by Gasteiger charge is 2.16. The number of aryl methyl sites for hydroxylation is 1. The molecule has 1 aromatic carbocycles. The van der Waals surface area contributed by atoms with Gasteiger partial charge in [-0.15, -0.1) is 0 Å². The zero-order valence-corrected chi connectivity index (χ0v) is 13.8. The summed E-state index contributed by atoms with van der Waals surface area (Å²) in [6.07, 6.45) is 4.29. The molecule has 134 valence electrons. The van der Waals surface area contributed by atoms with E-state index >= 15 is 0 Å². The summed E-state index contributed by atoms with van der Waals surface area (Å²) in [7, 11) is 0. The van der Waals surface area contributed by atoms with Crippen molar-refractivity contribution in [3.8, 4) is 0 Å². The molecular weight excluding hydrogens is 343 g/mol. The molecule has 0 atom stereocenters. The zero-order chi connectivity index (χ0) is 18.7. The van der Waals surface area contributed by atoms with Crippen LogP contribution in [0.25, 0.3) is 0 Å². The van der Waals surface area contributed by atoms with E-state index < -0.39 is 10.8 Å². The Morgan fingerprint density at radius 1 is 1.35 bits per heavy atom. The normalized spacial score (nSPS) is 10.7. The van der Waals surface area contributed by atoms with Crippen molar-refractivity contribution in [1.29, 1.82) is 0 Å². The van der Waals surface area contributed by atoms with Gasteiger partial charge in [-0.05, 0) is 24.6 Å². The molecule has 2 aromatic heterocycles. The van der Waals surface area contributed by atoms with Crippen LogP contribution in [0.3, 0.4) is 0 Å². The summed E-state index contributed by atoms with van der Waals surface area (Å²) in [5, 5.41) is 21.5. The SMILES string of the molecule is Cc1nn(CC(=O)Nc2cnn(Cc3cccc(F)c3)c2)cc1[N+](=O)[O-]. The first kappa shape index (κ1) is 17.3.